The number of tetrazole rings is 1. The maximum Gasteiger partial charge on any atom is 0.242 e. The number of carbonyl (C=O) groups is 1. The molecular formula is C17H26N8O. The molecule has 1 unspecified atom stereocenters. The van der Waals surface area contributed by atoms with Crippen molar-refractivity contribution in [2.75, 3.05) is 27.2 Å². The summed E-state index contributed by atoms with van der Waals surface area (Å²) in [4.78, 5) is 20.8. The summed E-state index contributed by atoms with van der Waals surface area (Å²) in [7, 11) is 4.11. The molecule has 9 nitrogen and oxygen atoms in total. The van der Waals surface area contributed by atoms with Crippen molar-refractivity contribution in [1.29, 1.82) is 0 Å². The van der Waals surface area contributed by atoms with Gasteiger partial charge in [0.2, 0.25) is 5.91 Å². The van der Waals surface area contributed by atoms with Crippen molar-refractivity contribution in [3.05, 3.63) is 24.5 Å². The van der Waals surface area contributed by atoms with Crippen LogP contribution in [0.5, 0.6) is 0 Å². The van der Waals surface area contributed by atoms with Gasteiger partial charge in [0.15, 0.2) is 5.82 Å². The summed E-state index contributed by atoms with van der Waals surface area (Å²) in [6.45, 7) is 1.64. The van der Waals surface area contributed by atoms with Gasteiger partial charge in [-0.2, -0.15) is 0 Å². The minimum Gasteiger partial charge on any atom is -0.339 e. The molecule has 1 amide bonds. The normalized spacial score (nSPS) is 24.0. The van der Waals surface area contributed by atoms with E-state index in [1.54, 1.807) is 17.1 Å². The van der Waals surface area contributed by atoms with E-state index >= 15 is 0 Å². The van der Waals surface area contributed by atoms with Crippen LogP contribution in [0.2, 0.25) is 0 Å². The van der Waals surface area contributed by atoms with Crippen molar-refractivity contribution in [3.63, 3.8) is 0 Å². The molecule has 1 saturated carbocycles. The molecule has 2 aliphatic rings. The molecule has 1 atom stereocenters. The van der Waals surface area contributed by atoms with Crippen molar-refractivity contribution in [1.82, 2.24) is 39.6 Å². The topological polar surface area (TPSA) is 85.0 Å². The highest BCUT2D eigenvalue weighted by molar-refractivity contribution is 5.76. The van der Waals surface area contributed by atoms with Crippen molar-refractivity contribution < 1.29 is 4.79 Å². The second-order valence-electron chi connectivity index (χ2n) is 7.61. The van der Waals surface area contributed by atoms with Crippen molar-refractivity contribution in [2.24, 2.45) is 0 Å². The first-order valence-corrected chi connectivity index (χ1v) is 9.29. The highest BCUT2D eigenvalue weighted by Gasteiger charge is 2.47. The summed E-state index contributed by atoms with van der Waals surface area (Å²) in [5, 5.41) is 12.7. The van der Waals surface area contributed by atoms with Crippen LogP contribution in [0.15, 0.2) is 18.7 Å². The van der Waals surface area contributed by atoms with E-state index in [2.05, 4.69) is 39.5 Å². The van der Waals surface area contributed by atoms with Gasteiger partial charge in [0.05, 0.1) is 12.4 Å². The van der Waals surface area contributed by atoms with Gasteiger partial charge in [-0.3, -0.25) is 9.69 Å². The Bertz CT molecular complexity index is 749. The molecular weight excluding hydrogens is 332 g/mol. The molecule has 2 fully saturated rings. The minimum absolute atomic E-state index is 0.103. The van der Waals surface area contributed by atoms with Crippen LogP contribution < -0.4 is 0 Å². The summed E-state index contributed by atoms with van der Waals surface area (Å²) in [6, 6.07) is 0.382. The average molecular weight is 358 g/mol. The second-order valence-corrected chi connectivity index (χ2v) is 7.61. The Kier molecular flexibility index (Phi) is 4.47. The standard InChI is InChI=1S/C17H26N8O/c1-22(2)17(16-19-20-21-25(16)14-5-3-4-6-14)7-9-24(12-17)15(26)11-23-10-8-18-13-23/h8,10,13-14H,3-7,9,11-12H2,1-2H3. The molecule has 1 aliphatic heterocycles. The Morgan fingerprint density at radius 2 is 2.15 bits per heavy atom. The van der Waals surface area contributed by atoms with Crippen LogP contribution in [0, 0.1) is 0 Å². The van der Waals surface area contributed by atoms with Crippen molar-refractivity contribution in [2.45, 2.75) is 50.2 Å². The molecule has 0 spiro atoms. The molecule has 3 heterocycles. The predicted octanol–water partition coefficient (Wildman–Crippen LogP) is 0.674. The smallest absolute Gasteiger partial charge is 0.242 e. The highest BCUT2D eigenvalue weighted by atomic mass is 16.2. The maximum absolute atomic E-state index is 12.7. The molecule has 140 valence electrons. The third kappa shape index (κ3) is 2.90. The monoisotopic (exact) mass is 358 g/mol. The Labute approximate surface area is 153 Å². The van der Waals surface area contributed by atoms with Gasteiger partial charge >= 0.3 is 0 Å². The molecule has 1 aliphatic carbocycles. The van der Waals surface area contributed by atoms with Crippen LogP contribution in [0.4, 0.5) is 0 Å². The van der Waals surface area contributed by atoms with Gasteiger partial charge in [-0.05, 0) is 43.8 Å². The minimum atomic E-state index is -0.337. The molecule has 1 saturated heterocycles. The van der Waals surface area contributed by atoms with Crippen LogP contribution in [0.25, 0.3) is 0 Å². The van der Waals surface area contributed by atoms with E-state index in [0.717, 1.165) is 25.1 Å². The predicted molar refractivity (Wildman–Crippen MR) is 94.1 cm³/mol. The molecule has 2 aromatic rings. The van der Waals surface area contributed by atoms with Gasteiger partial charge in [0.1, 0.15) is 12.1 Å². The molecule has 2 aromatic heterocycles. The molecule has 4 rings (SSSR count). The SMILES string of the molecule is CN(C)C1(c2nnnn2C2CCCC2)CCN(C(=O)Cn2ccnc2)C1. The quantitative estimate of drug-likeness (QED) is 0.781. The number of likely N-dealkylation sites (N-methyl/N-ethyl adjacent to an activating group) is 1. The van der Waals surface area contributed by atoms with E-state index in [-0.39, 0.29) is 11.4 Å². The zero-order chi connectivity index (χ0) is 18.1. The third-order valence-electron chi connectivity index (χ3n) is 5.91. The number of aromatic nitrogens is 6. The van der Waals surface area contributed by atoms with E-state index in [1.165, 1.54) is 12.8 Å². The number of amides is 1. The van der Waals surface area contributed by atoms with Gasteiger partial charge < -0.3 is 9.47 Å². The van der Waals surface area contributed by atoms with Crippen molar-refractivity contribution >= 4 is 5.91 Å². The molecule has 0 aromatic carbocycles. The number of hydrogen-bond donors (Lipinski definition) is 0. The lowest BCUT2D eigenvalue weighted by Gasteiger charge is -2.35. The molecule has 0 bridgehead atoms. The Hall–Kier alpha value is -2.29. The van der Waals surface area contributed by atoms with Crippen molar-refractivity contribution in [3.8, 4) is 0 Å². The van der Waals surface area contributed by atoms with Gasteiger partial charge in [-0.25, -0.2) is 9.67 Å². The molecule has 9 heteroatoms. The molecule has 0 radical (unpaired) electrons. The Balaban J connectivity index is 1.57. The number of rotatable bonds is 5. The second kappa shape index (κ2) is 6.79. The van der Waals surface area contributed by atoms with Gasteiger partial charge in [0, 0.05) is 25.5 Å². The fraction of sp³-hybridized carbons (Fsp3) is 0.706. The summed E-state index contributed by atoms with van der Waals surface area (Å²) >= 11 is 0. The summed E-state index contributed by atoms with van der Waals surface area (Å²) in [5.41, 5.74) is -0.337. The van der Waals surface area contributed by atoms with Crippen LogP contribution in [0.3, 0.4) is 0 Å². The Morgan fingerprint density at radius 3 is 2.85 bits per heavy atom. The summed E-state index contributed by atoms with van der Waals surface area (Å²) in [5.74, 6) is 0.999. The van der Waals surface area contributed by atoms with Gasteiger partial charge in [-0.15, -0.1) is 5.10 Å². The third-order valence-corrected chi connectivity index (χ3v) is 5.91. The average Bonchev–Trinajstić information content (AvgIpc) is 3.39. The first-order valence-electron chi connectivity index (χ1n) is 9.29. The lowest BCUT2D eigenvalue weighted by molar-refractivity contribution is -0.131. The Morgan fingerprint density at radius 1 is 1.35 bits per heavy atom. The molecule has 0 N–H and O–H groups in total. The van der Waals surface area contributed by atoms with E-state index in [1.807, 2.05) is 15.8 Å². The number of nitrogens with zero attached hydrogens (tertiary/aromatic N) is 8. The van der Waals surface area contributed by atoms with E-state index in [9.17, 15) is 4.79 Å². The highest BCUT2D eigenvalue weighted by Crippen LogP contribution is 2.38. The first-order chi connectivity index (χ1) is 12.6. The number of hydrogen-bond acceptors (Lipinski definition) is 6. The first kappa shape index (κ1) is 17.1. The zero-order valence-corrected chi connectivity index (χ0v) is 15.5. The lowest BCUT2D eigenvalue weighted by atomic mass is 9.95. The summed E-state index contributed by atoms with van der Waals surface area (Å²) < 4.78 is 3.83. The number of imidazole rings is 1. The number of carbonyl (C=O) groups excluding carboxylic acids is 1. The maximum atomic E-state index is 12.7. The lowest BCUT2D eigenvalue weighted by Crippen LogP contribution is -2.47. The van der Waals surface area contributed by atoms with Crippen LogP contribution in [-0.4, -0.2) is 72.7 Å². The number of likely N-dealkylation sites (tertiary alicyclic amines) is 1. The fourth-order valence-electron chi connectivity index (χ4n) is 4.29. The van der Waals surface area contributed by atoms with E-state index in [4.69, 9.17) is 0 Å². The van der Waals surface area contributed by atoms with E-state index < -0.39 is 0 Å². The summed E-state index contributed by atoms with van der Waals surface area (Å²) in [6.07, 6.45) is 10.7. The largest absolute Gasteiger partial charge is 0.339 e. The van der Waals surface area contributed by atoms with E-state index in [0.29, 0.717) is 25.7 Å². The molecule has 26 heavy (non-hydrogen) atoms. The van der Waals surface area contributed by atoms with Crippen LogP contribution in [-0.2, 0) is 16.9 Å². The zero-order valence-electron chi connectivity index (χ0n) is 15.5. The van der Waals surface area contributed by atoms with Gasteiger partial charge in [0.25, 0.3) is 0 Å². The van der Waals surface area contributed by atoms with Gasteiger partial charge in [-0.1, -0.05) is 12.8 Å². The van der Waals surface area contributed by atoms with Crippen LogP contribution >= 0.6 is 0 Å². The fourth-order valence-corrected chi connectivity index (χ4v) is 4.29. The van der Waals surface area contributed by atoms with Crippen LogP contribution in [0.1, 0.15) is 44.0 Å².